The van der Waals surface area contributed by atoms with Crippen molar-refractivity contribution in [2.24, 2.45) is 0 Å². The molecule has 17 heavy (non-hydrogen) atoms. The molecule has 0 saturated carbocycles. The largest absolute Gasteiger partial charge is 0.490 e. The zero-order valence-corrected chi connectivity index (χ0v) is 9.97. The molecule has 0 aromatic heterocycles. The summed E-state index contributed by atoms with van der Waals surface area (Å²) in [6, 6.07) is 5.46. The van der Waals surface area contributed by atoms with Crippen LogP contribution in [-0.4, -0.2) is 23.8 Å². The van der Waals surface area contributed by atoms with E-state index in [1.54, 1.807) is 13.0 Å². The summed E-state index contributed by atoms with van der Waals surface area (Å²) in [5.41, 5.74) is 1.52. The molecule has 2 atom stereocenters. The monoisotopic (exact) mass is 236 g/mol. The van der Waals surface area contributed by atoms with Crippen molar-refractivity contribution in [2.75, 3.05) is 6.61 Å². The van der Waals surface area contributed by atoms with Crippen LogP contribution < -0.4 is 4.74 Å². The number of carbonyl (C=O) groups excluding carboxylic acids is 1. The Hall–Kier alpha value is -1.55. The van der Waals surface area contributed by atoms with Crippen molar-refractivity contribution in [3.8, 4) is 5.75 Å². The molecule has 0 radical (unpaired) electrons. The van der Waals surface area contributed by atoms with Crippen molar-refractivity contribution in [3.63, 3.8) is 0 Å². The van der Waals surface area contributed by atoms with Crippen molar-refractivity contribution < 1.29 is 19.4 Å². The zero-order valence-electron chi connectivity index (χ0n) is 9.97. The van der Waals surface area contributed by atoms with Crippen LogP contribution in [-0.2, 0) is 16.0 Å². The van der Waals surface area contributed by atoms with Crippen LogP contribution >= 0.6 is 0 Å². The smallest absolute Gasteiger partial charge is 0.339 e. The van der Waals surface area contributed by atoms with Gasteiger partial charge in [-0.05, 0) is 19.4 Å². The second-order valence-corrected chi connectivity index (χ2v) is 4.12. The fraction of sp³-hybridized carbons (Fsp3) is 0.462. The summed E-state index contributed by atoms with van der Waals surface area (Å²) in [5.74, 6) is -0.00962. The SMILES string of the molecule is CCOC(=O)C(O)c1cccc2c1OC(C)C2. The van der Waals surface area contributed by atoms with Gasteiger partial charge in [0.05, 0.1) is 6.61 Å². The molecular weight excluding hydrogens is 220 g/mol. The Bertz CT molecular complexity index is 427. The van der Waals surface area contributed by atoms with E-state index in [-0.39, 0.29) is 12.7 Å². The normalized spacial score (nSPS) is 19.4. The Labute approximate surface area is 100 Å². The molecule has 0 fully saturated rings. The van der Waals surface area contributed by atoms with Crippen molar-refractivity contribution in [3.05, 3.63) is 29.3 Å². The average Bonchev–Trinajstić information content (AvgIpc) is 2.68. The molecule has 1 aromatic rings. The van der Waals surface area contributed by atoms with Crippen molar-refractivity contribution in [1.82, 2.24) is 0 Å². The van der Waals surface area contributed by atoms with Crippen LogP contribution in [0.3, 0.4) is 0 Å². The third kappa shape index (κ3) is 2.26. The second-order valence-electron chi connectivity index (χ2n) is 4.12. The number of carbonyl (C=O) groups is 1. The zero-order chi connectivity index (χ0) is 12.4. The van der Waals surface area contributed by atoms with Gasteiger partial charge in [0.25, 0.3) is 0 Å². The first-order chi connectivity index (χ1) is 8.13. The van der Waals surface area contributed by atoms with Crippen LogP contribution in [0.2, 0.25) is 0 Å². The average molecular weight is 236 g/mol. The summed E-state index contributed by atoms with van der Waals surface area (Å²) in [6.45, 7) is 3.92. The molecule has 1 aliphatic heterocycles. The minimum absolute atomic E-state index is 0.0838. The molecule has 1 aliphatic rings. The highest BCUT2D eigenvalue weighted by molar-refractivity contribution is 5.77. The van der Waals surface area contributed by atoms with Gasteiger partial charge in [-0.15, -0.1) is 0 Å². The van der Waals surface area contributed by atoms with Crippen LogP contribution in [0.1, 0.15) is 31.1 Å². The Kier molecular flexibility index (Phi) is 3.33. The summed E-state index contributed by atoms with van der Waals surface area (Å²) in [5, 5.41) is 9.92. The quantitative estimate of drug-likeness (QED) is 0.810. The molecule has 4 heteroatoms. The minimum Gasteiger partial charge on any atom is -0.490 e. The van der Waals surface area contributed by atoms with Crippen molar-refractivity contribution >= 4 is 5.97 Å². The number of hydrogen-bond acceptors (Lipinski definition) is 4. The van der Waals surface area contributed by atoms with E-state index < -0.39 is 12.1 Å². The third-order valence-corrected chi connectivity index (χ3v) is 2.76. The summed E-state index contributed by atoms with van der Waals surface area (Å²) >= 11 is 0. The molecule has 2 unspecified atom stereocenters. The lowest BCUT2D eigenvalue weighted by molar-refractivity contribution is -0.153. The molecule has 1 aromatic carbocycles. The van der Waals surface area contributed by atoms with E-state index in [4.69, 9.17) is 9.47 Å². The van der Waals surface area contributed by atoms with Gasteiger partial charge >= 0.3 is 5.97 Å². The maximum Gasteiger partial charge on any atom is 0.339 e. The number of para-hydroxylation sites is 1. The van der Waals surface area contributed by atoms with Crippen LogP contribution in [0, 0.1) is 0 Å². The first-order valence-corrected chi connectivity index (χ1v) is 5.76. The van der Waals surface area contributed by atoms with Gasteiger partial charge in [-0.25, -0.2) is 4.79 Å². The molecule has 92 valence electrons. The number of aliphatic hydroxyl groups is 1. The second kappa shape index (κ2) is 4.75. The topological polar surface area (TPSA) is 55.8 Å². The summed E-state index contributed by atoms with van der Waals surface area (Å²) in [4.78, 5) is 11.5. The van der Waals surface area contributed by atoms with Crippen molar-refractivity contribution in [1.29, 1.82) is 0 Å². The van der Waals surface area contributed by atoms with Gasteiger partial charge in [-0.3, -0.25) is 0 Å². The lowest BCUT2D eigenvalue weighted by Crippen LogP contribution is -2.16. The van der Waals surface area contributed by atoms with Crippen LogP contribution in [0.25, 0.3) is 0 Å². The highest BCUT2D eigenvalue weighted by atomic mass is 16.5. The maximum atomic E-state index is 11.5. The molecule has 0 spiro atoms. The minimum atomic E-state index is -1.27. The Balaban J connectivity index is 2.28. The Morgan fingerprint density at radius 3 is 3.12 bits per heavy atom. The van der Waals surface area contributed by atoms with Crippen LogP contribution in [0.4, 0.5) is 0 Å². The molecule has 0 bridgehead atoms. The van der Waals surface area contributed by atoms with Gasteiger partial charge in [0.2, 0.25) is 0 Å². The fourth-order valence-corrected chi connectivity index (χ4v) is 2.03. The number of benzene rings is 1. The number of hydrogen-bond donors (Lipinski definition) is 1. The molecule has 2 rings (SSSR count). The number of ether oxygens (including phenoxy) is 2. The third-order valence-electron chi connectivity index (χ3n) is 2.76. The van der Waals surface area contributed by atoms with Crippen LogP contribution in [0.5, 0.6) is 5.75 Å². The molecule has 0 amide bonds. The molecule has 4 nitrogen and oxygen atoms in total. The molecule has 1 N–H and O–H groups in total. The Morgan fingerprint density at radius 2 is 2.41 bits per heavy atom. The standard InChI is InChI=1S/C13H16O4/c1-3-16-13(15)11(14)10-6-4-5-9-7-8(2)17-12(9)10/h4-6,8,11,14H,3,7H2,1-2H3. The van der Waals surface area contributed by atoms with E-state index in [2.05, 4.69) is 0 Å². The van der Waals surface area contributed by atoms with Gasteiger partial charge in [0.1, 0.15) is 11.9 Å². The van der Waals surface area contributed by atoms with Gasteiger partial charge in [-0.1, -0.05) is 18.2 Å². The van der Waals surface area contributed by atoms with Gasteiger partial charge < -0.3 is 14.6 Å². The van der Waals surface area contributed by atoms with E-state index in [1.807, 2.05) is 19.1 Å². The highest BCUT2D eigenvalue weighted by Gasteiger charge is 2.28. The number of fused-ring (bicyclic) bond motifs is 1. The highest BCUT2D eigenvalue weighted by Crippen LogP contribution is 2.36. The van der Waals surface area contributed by atoms with E-state index in [0.717, 1.165) is 12.0 Å². The number of esters is 1. The van der Waals surface area contributed by atoms with Crippen LogP contribution in [0.15, 0.2) is 18.2 Å². The lowest BCUT2D eigenvalue weighted by atomic mass is 10.0. The van der Waals surface area contributed by atoms with E-state index in [9.17, 15) is 9.90 Å². The van der Waals surface area contributed by atoms with E-state index in [0.29, 0.717) is 11.3 Å². The maximum absolute atomic E-state index is 11.5. The first-order valence-electron chi connectivity index (χ1n) is 5.76. The summed E-state index contributed by atoms with van der Waals surface area (Å²) < 4.78 is 10.4. The van der Waals surface area contributed by atoms with Gasteiger partial charge in [-0.2, -0.15) is 0 Å². The first kappa shape index (κ1) is 11.9. The predicted octanol–water partition coefficient (Wildman–Crippen LogP) is 1.61. The molecule has 1 heterocycles. The summed E-state index contributed by atoms with van der Waals surface area (Å²) in [6.07, 6.45) is -0.380. The van der Waals surface area contributed by atoms with Gasteiger partial charge in [0.15, 0.2) is 6.10 Å². The van der Waals surface area contributed by atoms with E-state index >= 15 is 0 Å². The molecule has 0 aliphatic carbocycles. The molecule has 0 saturated heterocycles. The predicted molar refractivity (Wildman–Crippen MR) is 61.8 cm³/mol. The van der Waals surface area contributed by atoms with Gasteiger partial charge in [0, 0.05) is 12.0 Å². The van der Waals surface area contributed by atoms with Crippen molar-refractivity contribution in [2.45, 2.75) is 32.5 Å². The lowest BCUT2D eigenvalue weighted by Gasteiger charge is -2.13. The summed E-state index contributed by atoms with van der Waals surface area (Å²) in [7, 11) is 0. The number of rotatable bonds is 3. The fourth-order valence-electron chi connectivity index (χ4n) is 2.03. The number of aliphatic hydroxyl groups excluding tert-OH is 1. The van der Waals surface area contributed by atoms with E-state index in [1.165, 1.54) is 0 Å². The molecular formula is C13H16O4. The Morgan fingerprint density at radius 1 is 1.65 bits per heavy atom.